The molecule has 1 saturated heterocycles. The summed E-state index contributed by atoms with van der Waals surface area (Å²) in [5.41, 5.74) is 0.269. The molecular weight excluding hydrogens is 268 g/mol. The van der Waals surface area contributed by atoms with Crippen molar-refractivity contribution in [3.8, 4) is 0 Å². The molecule has 0 unspecified atom stereocenters. The van der Waals surface area contributed by atoms with Gasteiger partial charge in [0.05, 0.1) is 11.3 Å². The minimum absolute atomic E-state index is 0.0368. The number of carbonyl (C=O) groups is 2. The Bertz CT molecular complexity index is 499. The van der Waals surface area contributed by atoms with E-state index in [9.17, 15) is 9.59 Å². The molecule has 0 bridgehead atoms. The van der Waals surface area contributed by atoms with Gasteiger partial charge in [0, 0.05) is 18.1 Å². The second-order valence-electron chi connectivity index (χ2n) is 4.47. The number of nitrogens with one attached hydrogen (secondary N) is 1. The van der Waals surface area contributed by atoms with E-state index in [1.54, 1.807) is 4.90 Å². The lowest BCUT2D eigenvalue weighted by Crippen LogP contribution is -2.38. The van der Waals surface area contributed by atoms with E-state index in [1.165, 1.54) is 18.2 Å². The molecule has 1 aliphatic heterocycles. The van der Waals surface area contributed by atoms with Crippen molar-refractivity contribution in [3.63, 3.8) is 0 Å². The molecule has 1 aromatic carbocycles. The summed E-state index contributed by atoms with van der Waals surface area (Å²) < 4.78 is 0. The largest absolute Gasteiger partial charge is 0.478 e. The Balaban J connectivity index is 2.15. The number of carboxylic acids is 1. The Labute approximate surface area is 116 Å². The van der Waals surface area contributed by atoms with Gasteiger partial charge in [-0.15, -0.1) is 0 Å². The van der Waals surface area contributed by atoms with Gasteiger partial charge in [-0.1, -0.05) is 11.6 Å². The monoisotopic (exact) mass is 282 g/mol. The Morgan fingerprint density at radius 1 is 1.21 bits per heavy atom. The van der Waals surface area contributed by atoms with Crippen molar-refractivity contribution in [2.75, 3.05) is 18.4 Å². The molecule has 6 heteroatoms. The molecule has 2 N–H and O–H groups in total. The van der Waals surface area contributed by atoms with Crippen LogP contribution in [0.4, 0.5) is 10.5 Å². The predicted octanol–water partition coefficient (Wildman–Crippen LogP) is 3.06. The predicted molar refractivity (Wildman–Crippen MR) is 72.9 cm³/mol. The van der Waals surface area contributed by atoms with Gasteiger partial charge in [0.2, 0.25) is 0 Å². The second kappa shape index (κ2) is 5.93. The highest BCUT2D eigenvalue weighted by molar-refractivity contribution is 6.31. The van der Waals surface area contributed by atoms with E-state index >= 15 is 0 Å². The van der Waals surface area contributed by atoms with E-state index in [2.05, 4.69) is 5.32 Å². The number of likely N-dealkylation sites (tertiary alicyclic amines) is 1. The number of amides is 2. The Kier molecular flexibility index (Phi) is 4.27. The van der Waals surface area contributed by atoms with E-state index in [0.29, 0.717) is 18.1 Å². The van der Waals surface area contributed by atoms with Gasteiger partial charge in [-0.25, -0.2) is 9.59 Å². The number of piperidine rings is 1. The van der Waals surface area contributed by atoms with Gasteiger partial charge in [-0.2, -0.15) is 0 Å². The molecule has 0 atom stereocenters. The third-order valence-corrected chi connectivity index (χ3v) is 3.33. The number of hydrogen-bond acceptors (Lipinski definition) is 2. The number of anilines is 1. The maximum absolute atomic E-state index is 12.0. The lowest BCUT2D eigenvalue weighted by atomic mass is 10.1. The lowest BCUT2D eigenvalue weighted by Gasteiger charge is -2.27. The van der Waals surface area contributed by atoms with Crippen LogP contribution in [0.15, 0.2) is 18.2 Å². The highest BCUT2D eigenvalue weighted by atomic mass is 35.5. The summed E-state index contributed by atoms with van der Waals surface area (Å²) in [5, 5.41) is 12.1. The number of benzene rings is 1. The normalized spacial score (nSPS) is 15.1. The fourth-order valence-electron chi connectivity index (χ4n) is 2.10. The van der Waals surface area contributed by atoms with Crippen molar-refractivity contribution < 1.29 is 14.7 Å². The van der Waals surface area contributed by atoms with Crippen molar-refractivity contribution in [1.29, 1.82) is 0 Å². The molecule has 1 aromatic rings. The summed E-state index contributed by atoms with van der Waals surface area (Å²) in [6, 6.07) is 4.05. The first-order valence-corrected chi connectivity index (χ1v) is 6.54. The highest BCUT2D eigenvalue weighted by Crippen LogP contribution is 2.22. The summed E-state index contributed by atoms with van der Waals surface area (Å²) in [6.07, 6.45) is 3.09. The van der Waals surface area contributed by atoms with E-state index in [1.807, 2.05) is 0 Å². The number of urea groups is 1. The Morgan fingerprint density at radius 3 is 2.53 bits per heavy atom. The molecule has 0 spiro atoms. The first-order valence-electron chi connectivity index (χ1n) is 6.16. The molecule has 0 aromatic heterocycles. The number of hydrogen-bond donors (Lipinski definition) is 2. The van der Waals surface area contributed by atoms with Gasteiger partial charge in [0.25, 0.3) is 0 Å². The Morgan fingerprint density at radius 2 is 1.89 bits per heavy atom. The zero-order valence-electron chi connectivity index (χ0n) is 10.4. The van der Waals surface area contributed by atoms with Crippen LogP contribution in [0.3, 0.4) is 0 Å². The molecule has 2 rings (SSSR count). The second-order valence-corrected chi connectivity index (χ2v) is 4.91. The summed E-state index contributed by atoms with van der Waals surface area (Å²) in [6.45, 7) is 1.41. The van der Waals surface area contributed by atoms with Crippen LogP contribution in [0, 0.1) is 0 Å². The van der Waals surface area contributed by atoms with Crippen LogP contribution >= 0.6 is 11.6 Å². The van der Waals surface area contributed by atoms with E-state index in [-0.39, 0.29) is 17.3 Å². The van der Waals surface area contributed by atoms with Gasteiger partial charge >= 0.3 is 12.0 Å². The van der Waals surface area contributed by atoms with Crippen LogP contribution < -0.4 is 5.32 Å². The molecule has 1 aliphatic rings. The van der Waals surface area contributed by atoms with Crippen LogP contribution in [0.2, 0.25) is 5.02 Å². The highest BCUT2D eigenvalue weighted by Gasteiger charge is 2.19. The quantitative estimate of drug-likeness (QED) is 0.876. The zero-order valence-corrected chi connectivity index (χ0v) is 11.1. The number of nitrogens with zero attached hydrogens (tertiary/aromatic N) is 1. The fraction of sp³-hybridized carbons (Fsp3) is 0.385. The molecule has 0 saturated carbocycles. The summed E-state index contributed by atoms with van der Waals surface area (Å²) >= 11 is 5.83. The van der Waals surface area contributed by atoms with Crippen molar-refractivity contribution in [2.24, 2.45) is 0 Å². The third kappa shape index (κ3) is 3.38. The maximum atomic E-state index is 12.0. The standard InChI is InChI=1S/C13H15ClN2O3/c14-9-4-5-10(12(17)18)11(8-9)15-13(19)16-6-2-1-3-7-16/h4-5,8H,1-3,6-7H2,(H,15,19)(H,17,18). The molecule has 102 valence electrons. The molecule has 5 nitrogen and oxygen atoms in total. The van der Waals surface area contributed by atoms with Gasteiger partial charge < -0.3 is 15.3 Å². The van der Waals surface area contributed by atoms with E-state index in [4.69, 9.17) is 16.7 Å². The molecule has 2 amide bonds. The van der Waals surface area contributed by atoms with Gasteiger partial charge in [-0.05, 0) is 37.5 Å². The third-order valence-electron chi connectivity index (χ3n) is 3.10. The molecule has 0 aliphatic carbocycles. The van der Waals surface area contributed by atoms with Gasteiger partial charge in [-0.3, -0.25) is 0 Å². The minimum Gasteiger partial charge on any atom is -0.478 e. The number of aromatic carboxylic acids is 1. The average Bonchev–Trinajstić information content (AvgIpc) is 2.39. The van der Waals surface area contributed by atoms with Crippen molar-refractivity contribution in [2.45, 2.75) is 19.3 Å². The lowest BCUT2D eigenvalue weighted by molar-refractivity contribution is 0.0698. The number of carboxylic acid groups (broad SMARTS) is 1. The molecule has 0 radical (unpaired) electrons. The van der Waals surface area contributed by atoms with Crippen molar-refractivity contribution >= 4 is 29.3 Å². The fourth-order valence-corrected chi connectivity index (χ4v) is 2.27. The van der Waals surface area contributed by atoms with Crippen LogP contribution in [-0.2, 0) is 0 Å². The van der Waals surface area contributed by atoms with E-state index < -0.39 is 5.97 Å². The number of rotatable bonds is 2. The minimum atomic E-state index is -1.09. The van der Waals surface area contributed by atoms with Crippen LogP contribution in [-0.4, -0.2) is 35.1 Å². The summed E-state index contributed by atoms with van der Waals surface area (Å²) in [4.78, 5) is 24.8. The topological polar surface area (TPSA) is 69.6 Å². The molecular formula is C13H15ClN2O3. The summed E-state index contributed by atoms with van der Waals surface area (Å²) in [7, 11) is 0. The smallest absolute Gasteiger partial charge is 0.337 e. The van der Waals surface area contributed by atoms with Crippen LogP contribution in [0.1, 0.15) is 29.6 Å². The molecule has 19 heavy (non-hydrogen) atoms. The first-order chi connectivity index (χ1) is 9.08. The first kappa shape index (κ1) is 13.7. The number of halogens is 1. The van der Waals surface area contributed by atoms with Gasteiger partial charge in [0.1, 0.15) is 0 Å². The number of carbonyl (C=O) groups excluding carboxylic acids is 1. The Hall–Kier alpha value is -1.75. The van der Waals surface area contributed by atoms with Crippen molar-refractivity contribution in [1.82, 2.24) is 4.90 Å². The molecule has 1 heterocycles. The van der Waals surface area contributed by atoms with Crippen LogP contribution in [0.5, 0.6) is 0 Å². The van der Waals surface area contributed by atoms with E-state index in [0.717, 1.165) is 19.3 Å². The summed E-state index contributed by atoms with van der Waals surface area (Å²) in [5.74, 6) is -1.09. The van der Waals surface area contributed by atoms with Gasteiger partial charge in [0.15, 0.2) is 0 Å². The molecule has 1 fully saturated rings. The van der Waals surface area contributed by atoms with Crippen LogP contribution in [0.25, 0.3) is 0 Å². The zero-order chi connectivity index (χ0) is 13.8. The maximum Gasteiger partial charge on any atom is 0.337 e. The SMILES string of the molecule is O=C(O)c1ccc(Cl)cc1NC(=O)N1CCCCC1. The van der Waals surface area contributed by atoms with Crippen molar-refractivity contribution in [3.05, 3.63) is 28.8 Å². The average molecular weight is 283 g/mol.